The SMILES string of the molecule is CCCNc1cc(NCCCCOC)nc(COCC)n1. The second-order valence-electron chi connectivity index (χ2n) is 4.75. The highest BCUT2D eigenvalue weighted by molar-refractivity contribution is 5.47. The van der Waals surface area contributed by atoms with Crippen LogP contribution in [0.5, 0.6) is 0 Å². The van der Waals surface area contributed by atoms with E-state index in [2.05, 4.69) is 27.5 Å². The molecule has 21 heavy (non-hydrogen) atoms. The molecular weight excluding hydrogens is 268 g/mol. The Hall–Kier alpha value is -1.40. The number of nitrogens with zero attached hydrogens (tertiary/aromatic N) is 2. The third-order valence-corrected chi connectivity index (χ3v) is 2.85. The molecule has 0 bridgehead atoms. The average molecular weight is 296 g/mol. The summed E-state index contributed by atoms with van der Waals surface area (Å²) in [6, 6.07) is 1.95. The van der Waals surface area contributed by atoms with E-state index >= 15 is 0 Å². The Morgan fingerprint density at radius 1 is 1.05 bits per heavy atom. The summed E-state index contributed by atoms with van der Waals surface area (Å²) < 4.78 is 10.4. The highest BCUT2D eigenvalue weighted by atomic mass is 16.5. The summed E-state index contributed by atoms with van der Waals surface area (Å²) in [6.07, 6.45) is 3.16. The van der Waals surface area contributed by atoms with Crippen molar-refractivity contribution in [2.24, 2.45) is 0 Å². The average Bonchev–Trinajstić information content (AvgIpc) is 2.50. The minimum absolute atomic E-state index is 0.441. The van der Waals surface area contributed by atoms with Crippen LogP contribution in [0.3, 0.4) is 0 Å². The van der Waals surface area contributed by atoms with Gasteiger partial charge in [-0.3, -0.25) is 0 Å². The van der Waals surface area contributed by atoms with E-state index in [1.54, 1.807) is 7.11 Å². The number of rotatable bonds is 12. The molecule has 120 valence electrons. The number of unbranched alkanes of at least 4 members (excludes halogenated alkanes) is 1. The fraction of sp³-hybridized carbons (Fsp3) is 0.733. The van der Waals surface area contributed by atoms with Crippen molar-refractivity contribution in [1.82, 2.24) is 9.97 Å². The first-order chi connectivity index (χ1) is 10.3. The maximum absolute atomic E-state index is 5.39. The lowest BCUT2D eigenvalue weighted by Gasteiger charge is -2.11. The zero-order chi connectivity index (χ0) is 15.3. The largest absolute Gasteiger partial charge is 0.385 e. The van der Waals surface area contributed by atoms with Crippen molar-refractivity contribution >= 4 is 11.6 Å². The van der Waals surface area contributed by atoms with Crippen LogP contribution in [0.25, 0.3) is 0 Å². The van der Waals surface area contributed by atoms with Crippen molar-refractivity contribution in [2.45, 2.75) is 39.7 Å². The summed E-state index contributed by atoms with van der Waals surface area (Å²) in [5.41, 5.74) is 0. The summed E-state index contributed by atoms with van der Waals surface area (Å²) >= 11 is 0. The Kier molecular flexibility index (Phi) is 9.48. The van der Waals surface area contributed by atoms with E-state index < -0.39 is 0 Å². The molecular formula is C15H28N4O2. The Balaban J connectivity index is 2.57. The maximum Gasteiger partial charge on any atom is 0.158 e. The second-order valence-corrected chi connectivity index (χ2v) is 4.75. The molecule has 0 aliphatic carbocycles. The van der Waals surface area contributed by atoms with Crippen molar-refractivity contribution in [3.63, 3.8) is 0 Å². The Morgan fingerprint density at radius 3 is 2.38 bits per heavy atom. The standard InChI is InChI=1S/C15H28N4O2/c1-4-8-16-13-11-14(17-9-6-7-10-20-3)19-15(18-13)12-21-5-2/h11H,4-10,12H2,1-3H3,(H2,16,17,18,19). The van der Waals surface area contributed by atoms with Gasteiger partial charge < -0.3 is 20.1 Å². The van der Waals surface area contributed by atoms with Crippen LogP contribution < -0.4 is 10.6 Å². The minimum atomic E-state index is 0.441. The smallest absolute Gasteiger partial charge is 0.158 e. The van der Waals surface area contributed by atoms with Gasteiger partial charge in [0.05, 0.1) is 0 Å². The predicted molar refractivity (Wildman–Crippen MR) is 85.7 cm³/mol. The van der Waals surface area contributed by atoms with Gasteiger partial charge in [-0.2, -0.15) is 0 Å². The third-order valence-electron chi connectivity index (χ3n) is 2.85. The summed E-state index contributed by atoms with van der Waals surface area (Å²) in [6.45, 7) is 7.77. The van der Waals surface area contributed by atoms with Crippen LogP contribution in [-0.4, -0.2) is 43.4 Å². The number of anilines is 2. The molecule has 1 aromatic rings. The van der Waals surface area contributed by atoms with E-state index in [4.69, 9.17) is 9.47 Å². The van der Waals surface area contributed by atoms with Gasteiger partial charge in [-0.05, 0) is 26.2 Å². The van der Waals surface area contributed by atoms with E-state index in [1.165, 1.54) is 0 Å². The Bertz CT molecular complexity index is 362. The van der Waals surface area contributed by atoms with Crippen LogP contribution in [0.1, 0.15) is 38.9 Å². The van der Waals surface area contributed by atoms with Crippen LogP contribution in [-0.2, 0) is 16.1 Å². The van der Waals surface area contributed by atoms with Gasteiger partial charge in [0.2, 0.25) is 0 Å². The summed E-state index contributed by atoms with van der Waals surface area (Å²) in [5, 5.41) is 6.63. The van der Waals surface area contributed by atoms with Gasteiger partial charge in [0.15, 0.2) is 5.82 Å². The molecule has 0 fully saturated rings. The van der Waals surface area contributed by atoms with Gasteiger partial charge in [0, 0.05) is 39.5 Å². The quantitative estimate of drug-likeness (QED) is 0.578. The van der Waals surface area contributed by atoms with Crippen LogP contribution in [0.4, 0.5) is 11.6 Å². The van der Waals surface area contributed by atoms with Gasteiger partial charge in [0.25, 0.3) is 0 Å². The highest BCUT2D eigenvalue weighted by Gasteiger charge is 2.04. The molecule has 2 N–H and O–H groups in total. The molecule has 0 atom stereocenters. The van der Waals surface area contributed by atoms with E-state index in [1.807, 2.05) is 13.0 Å². The van der Waals surface area contributed by atoms with Crippen LogP contribution in [0.15, 0.2) is 6.07 Å². The number of hydrogen-bond donors (Lipinski definition) is 2. The molecule has 0 saturated heterocycles. The van der Waals surface area contributed by atoms with Crippen molar-refractivity contribution in [3.8, 4) is 0 Å². The normalized spacial score (nSPS) is 10.6. The number of hydrogen-bond acceptors (Lipinski definition) is 6. The number of methoxy groups -OCH3 is 1. The van der Waals surface area contributed by atoms with Crippen molar-refractivity contribution in [1.29, 1.82) is 0 Å². The van der Waals surface area contributed by atoms with E-state index in [-0.39, 0.29) is 0 Å². The van der Waals surface area contributed by atoms with Gasteiger partial charge in [0.1, 0.15) is 18.2 Å². The predicted octanol–water partition coefficient (Wildman–Crippen LogP) is 2.67. The Morgan fingerprint density at radius 2 is 1.76 bits per heavy atom. The molecule has 1 aromatic heterocycles. The fourth-order valence-corrected chi connectivity index (χ4v) is 1.78. The topological polar surface area (TPSA) is 68.3 Å². The molecule has 0 saturated carbocycles. The number of nitrogens with one attached hydrogen (secondary N) is 2. The van der Waals surface area contributed by atoms with E-state index in [0.717, 1.165) is 50.6 Å². The lowest BCUT2D eigenvalue weighted by atomic mass is 10.3. The van der Waals surface area contributed by atoms with E-state index in [9.17, 15) is 0 Å². The lowest BCUT2D eigenvalue weighted by Crippen LogP contribution is -2.10. The zero-order valence-electron chi connectivity index (χ0n) is 13.4. The van der Waals surface area contributed by atoms with Crippen molar-refractivity contribution in [3.05, 3.63) is 11.9 Å². The Labute approximate surface area is 127 Å². The number of ether oxygens (including phenoxy) is 2. The van der Waals surface area contributed by atoms with Crippen LogP contribution in [0, 0.1) is 0 Å². The summed E-state index contributed by atoms with van der Waals surface area (Å²) in [5.74, 6) is 2.40. The first kappa shape index (κ1) is 17.7. The molecule has 1 heterocycles. The van der Waals surface area contributed by atoms with Gasteiger partial charge in [-0.1, -0.05) is 6.92 Å². The molecule has 0 radical (unpaired) electrons. The fourth-order valence-electron chi connectivity index (χ4n) is 1.78. The minimum Gasteiger partial charge on any atom is -0.385 e. The van der Waals surface area contributed by atoms with Gasteiger partial charge >= 0.3 is 0 Å². The zero-order valence-corrected chi connectivity index (χ0v) is 13.4. The van der Waals surface area contributed by atoms with Crippen molar-refractivity contribution in [2.75, 3.05) is 44.0 Å². The molecule has 0 unspecified atom stereocenters. The molecule has 0 amide bonds. The summed E-state index contributed by atoms with van der Waals surface area (Å²) in [7, 11) is 1.73. The monoisotopic (exact) mass is 296 g/mol. The highest BCUT2D eigenvalue weighted by Crippen LogP contribution is 2.12. The lowest BCUT2D eigenvalue weighted by molar-refractivity contribution is 0.128. The van der Waals surface area contributed by atoms with Crippen LogP contribution in [0.2, 0.25) is 0 Å². The maximum atomic E-state index is 5.39. The molecule has 0 aromatic carbocycles. The van der Waals surface area contributed by atoms with Gasteiger partial charge in [-0.15, -0.1) is 0 Å². The third kappa shape index (κ3) is 7.82. The molecule has 0 aliphatic heterocycles. The van der Waals surface area contributed by atoms with Crippen molar-refractivity contribution < 1.29 is 9.47 Å². The molecule has 6 heteroatoms. The first-order valence-electron chi connectivity index (χ1n) is 7.72. The van der Waals surface area contributed by atoms with E-state index in [0.29, 0.717) is 19.0 Å². The summed E-state index contributed by atoms with van der Waals surface area (Å²) in [4.78, 5) is 8.94. The van der Waals surface area contributed by atoms with Gasteiger partial charge in [-0.25, -0.2) is 9.97 Å². The molecule has 0 spiro atoms. The molecule has 1 rings (SSSR count). The number of aromatic nitrogens is 2. The molecule has 6 nitrogen and oxygen atoms in total. The van der Waals surface area contributed by atoms with Crippen LogP contribution >= 0.6 is 0 Å². The first-order valence-corrected chi connectivity index (χ1v) is 7.72. The second kappa shape index (κ2) is 11.3. The molecule has 0 aliphatic rings.